The van der Waals surface area contributed by atoms with Crippen molar-refractivity contribution in [2.24, 2.45) is 5.92 Å². The molecule has 0 aliphatic carbocycles. The van der Waals surface area contributed by atoms with Crippen molar-refractivity contribution in [1.29, 1.82) is 0 Å². The zero-order valence-corrected chi connectivity index (χ0v) is 12.8. The second kappa shape index (κ2) is 7.49. The molecular formula is C16H27FN2. The van der Waals surface area contributed by atoms with E-state index in [0.29, 0.717) is 18.5 Å². The van der Waals surface area contributed by atoms with E-state index in [1.165, 1.54) is 0 Å². The lowest BCUT2D eigenvalue weighted by atomic mass is 10.1. The van der Waals surface area contributed by atoms with E-state index >= 15 is 0 Å². The van der Waals surface area contributed by atoms with Gasteiger partial charge in [0.15, 0.2) is 0 Å². The largest absolute Gasteiger partial charge is 0.369 e. The molecule has 1 N–H and O–H groups in total. The van der Waals surface area contributed by atoms with Gasteiger partial charge in [0.1, 0.15) is 5.82 Å². The second-order valence-corrected chi connectivity index (χ2v) is 5.72. The summed E-state index contributed by atoms with van der Waals surface area (Å²) in [7, 11) is 0. The quantitative estimate of drug-likeness (QED) is 0.807. The summed E-state index contributed by atoms with van der Waals surface area (Å²) in [6.07, 6.45) is 0. The van der Waals surface area contributed by atoms with Crippen LogP contribution in [0.4, 0.5) is 10.1 Å². The summed E-state index contributed by atoms with van der Waals surface area (Å²) in [5, 5.41) is 3.37. The van der Waals surface area contributed by atoms with Crippen LogP contribution in [-0.2, 0) is 6.54 Å². The molecule has 0 aliphatic heterocycles. The highest BCUT2D eigenvalue weighted by molar-refractivity contribution is 5.55. The molecule has 0 spiro atoms. The molecule has 1 rings (SSSR count). The zero-order chi connectivity index (χ0) is 14.4. The lowest BCUT2D eigenvalue weighted by Gasteiger charge is -2.28. The van der Waals surface area contributed by atoms with E-state index in [2.05, 4.69) is 44.8 Å². The summed E-state index contributed by atoms with van der Waals surface area (Å²) in [6.45, 7) is 13.0. The Morgan fingerprint density at radius 3 is 2.42 bits per heavy atom. The molecular weight excluding hydrogens is 239 g/mol. The molecule has 0 aliphatic rings. The third-order valence-electron chi connectivity index (χ3n) is 3.05. The Morgan fingerprint density at radius 1 is 1.21 bits per heavy atom. The molecule has 1 aromatic carbocycles. The molecule has 0 saturated heterocycles. The van der Waals surface area contributed by atoms with Crippen LogP contribution in [0.25, 0.3) is 0 Å². The lowest BCUT2D eigenvalue weighted by Crippen LogP contribution is -2.30. The molecule has 0 fully saturated rings. The van der Waals surface area contributed by atoms with Gasteiger partial charge >= 0.3 is 0 Å². The van der Waals surface area contributed by atoms with Gasteiger partial charge in [0.2, 0.25) is 0 Å². The minimum Gasteiger partial charge on any atom is -0.369 e. The van der Waals surface area contributed by atoms with Crippen LogP contribution >= 0.6 is 0 Å². The first-order valence-corrected chi connectivity index (χ1v) is 7.21. The molecule has 108 valence electrons. The Balaban J connectivity index is 3.01. The Morgan fingerprint density at radius 2 is 1.89 bits per heavy atom. The van der Waals surface area contributed by atoms with Gasteiger partial charge in [0.05, 0.1) is 5.69 Å². The van der Waals surface area contributed by atoms with E-state index in [1.807, 2.05) is 6.07 Å². The third-order valence-corrected chi connectivity index (χ3v) is 3.05. The van der Waals surface area contributed by atoms with Crippen molar-refractivity contribution >= 4 is 5.69 Å². The molecule has 0 aromatic heterocycles. The summed E-state index contributed by atoms with van der Waals surface area (Å²) < 4.78 is 14.2. The van der Waals surface area contributed by atoms with Gasteiger partial charge in [0, 0.05) is 25.7 Å². The summed E-state index contributed by atoms with van der Waals surface area (Å²) in [5.41, 5.74) is 1.79. The van der Waals surface area contributed by atoms with Crippen LogP contribution in [0.3, 0.4) is 0 Å². The highest BCUT2D eigenvalue weighted by Crippen LogP contribution is 2.25. The first-order chi connectivity index (χ1) is 8.95. The monoisotopic (exact) mass is 266 g/mol. The van der Waals surface area contributed by atoms with Crippen LogP contribution in [0.1, 0.15) is 40.2 Å². The molecule has 1 aromatic rings. The number of hydrogen-bond acceptors (Lipinski definition) is 2. The highest BCUT2D eigenvalue weighted by Gasteiger charge is 2.15. The summed E-state index contributed by atoms with van der Waals surface area (Å²) in [5.74, 6) is 0.399. The number of halogens is 1. The van der Waals surface area contributed by atoms with Crippen LogP contribution < -0.4 is 10.2 Å². The zero-order valence-electron chi connectivity index (χ0n) is 12.8. The summed E-state index contributed by atoms with van der Waals surface area (Å²) in [4.78, 5) is 2.14. The first kappa shape index (κ1) is 16.0. The number of rotatable bonds is 7. The predicted octanol–water partition coefficient (Wildman–Crippen LogP) is 3.81. The SMILES string of the molecule is CCN(CC(C)C)c1c(F)cccc1CNC(C)C. The van der Waals surface area contributed by atoms with Gasteiger partial charge in [-0.3, -0.25) is 0 Å². The van der Waals surface area contributed by atoms with Crippen LogP contribution in [0.2, 0.25) is 0 Å². The van der Waals surface area contributed by atoms with Gasteiger partial charge in [-0.25, -0.2) is 4.39 Å². The smallest absolute Gasteiger partial charge is 0.146 e. The molecule has 0 radical (unpaired) electrons. The van der Waals surface area contributed by atoms with Gasteiger partial charge < -0.3 is 10.2 Å². The molecule has 3 heteroatoms. The number of hydrogen-bond donors (Lipinski definition) is 1. The minimum absolute atomic E-state index is 0.120. The van der Waals surface area contributed by atoms with Crippen molar-refractivity contribution in [2.75, 3.05) is 18.0 Å². The highest BCUT2D eigenvalue weighted by atomic mass is 19.1. The summed E-state index contributed by atoms with van der Waals surface area (Å²) >= 11 is 0. The number of anilines is 1. The molecule has 0 atom stereocenters. The van der Waals surface area contributed by atoms with Crippen molar-refractivity contribution in [1.82, 2.24) is 5.32 Å². The van der Waals surface area contributed by atoms with Gasteiger partial charge in [-0.2, -0.15) is 0 Å². The minimum atomic E-state index is -0.120. The topological polar surface area (TPSA) is 15.3 Å². The standard InChI is InChI=1S/C16H27FN2/c1-6-19(11-12(2)3)16-14(10-18-13(4)5)8-7-9-15(16)17/h7-9,12-13,18H,6,10-11H2,1-5H3. The number of nitrogens with one attached hydrogen (secondary N) is 1. The number of benzene rings is 1. The average Bonchev–Trinajstić information content (AvgIpc) is 2.33. The van der Waals surface area contributed by atoms with Crippen molar-refractivity contribution in [3.8, 4) is 0 Å². The van der Waals surface area contributed by atoms with Gasteiger partial charge in [-0.15, -0.1) is 0 Å². The second-order valence-electron chi connectivity index (χ2n) is 5.72. The maximum absolute atomic E-state index is 14.2. The van der Waals surface area contributed by atoms with Crippen LogP contribution in [0.5, 0.6) is 0 Å². The van der Waals surface area contributed by atoms with E-state index in [1.54, 1.807) is 12.1 Å². The Bertz CT molecular complexity index is 388. The van der Waals surface area contributed by atoms with Gasteiger partial charge in [-0.1, -0.05) is 39.8 Å². The van der Waals surface area contributed by atoms with E-state index in [0.717, 1.165) is 24.3 Å². The fourth-order valence-electron chi connectivity index (χ4n) is 2.19. The number of nitrogens with zero attached hydrogens (tertiary/aromatic N) is 1. The van der Waals surface area contributed by atoms with E-state index in [9.17, 15) is 4.39 Å². The van der Waals surface area contributed by atoms with E-state index in [-0.39, 0.29) is 5.82 Å². The van der Waals surface area contributed by atoms with Crippen molar-refractivity contribution in [3.05, 3.63) is 29.6 Å². The molecule has 0 amide bonds. The van der Waals surface area contributed by atoms with Crippen molar-refractivity contribution < 1.29 is 4.39 Å². The maximum Gasteiger partial charge on any atom is 0.146 e. The Hall–Kier alpha value is -1.09. The number of para-hydroxylation sites is 1. The van der Waals surface area contributed by atoms with Crippen molar-refractivity contribution in [2.45, 2.75) is 47.2 Å². The fraction of sp³-hybridized carbons (Fsp3) is 0.625. The van der Waals surface area contributed by atoms with Gasteiger partial charge in [-0.05, 0) is 24.5 Å². The Kier molecular flexibility index (Phi) is 6.29. The van der Waals surface area contributed by atoms with E-state index < -0.39 is 0 Å². The molecule has 0 bridgehead atoms. The molecule has 2 nitrogen and oxygen atoms in total. The first-order valence-electron chi connectivity index (χ1n) is 7.21. The average molecular weight is 266 g/mol. The third kappa shape index (κ3) is 4.83. The summed E-state index contributed by atoms with van der Waals surface area (Å²) in [6, 6.07) is 5.75. The van der Waals surface area contributed by atoms with Crippen LogP contribution in [-0.4, -0.2) is 19.1 Å². The Labute approximate surface area is 117 Å². The van der Waals surface area contributed by atoms with Crippen LogP contribution in [0, 0.1) is 11.7 Å². The predicted molar refractivity (Wildman–Crippen MR) is 81.1 cm³/mol. The molecule has 0 heterocycles. The van der Waals surface area contributed by atoms with Crippen molar-refractivity contribution in [3.63, 3.8) is 0 Å². The molecule has 19 heavy (non-hydrogen) atoms. The van der Waals surface area contributed by atoms with Gasteiger partial charge in [0.25, 0.3) is 0 Å². The maximum atomic E-state index is 14.2. The molecule has 0 unspecified atom stereocenters. The van der Waals surface area contributed by atoms with Crippen LogP contribution in [0.15, 0.2) is 18.2 Å². The fourth-order valence-corrected chi connectivity index (χ4v) is 2.19. The normalized spacial score (nSPS) is 11.4. The lowest BCUT2D eigenvalue weighted by molar-refractivity contribution is 0.565. The van der Waals surface area contributed by atoms with E-state index in [4.69, 9.17) is 0 Å². The molecule has 0 saturated carbocycles.